The molecule has 0 saturated carbocycles. The predicted molar refractivity (Wildman–Crippen MR) is 322 cm³/mol. The third-order valence-electron chi connectivity index (χ3n) is 14.7. The predicted octanol–water partition coefficient (Wildman–Crippen LogP) is 18.8. The Kier molecular flexibility index (Phi) is 11.8. The van der Waals surface area contributed by atoms with Crippen LogP contribution in [0.3, 0.4) is 0 Å². The van der Waals surface area contributed by atoms with Gasteiger partial charge >= 0.3 is 0 Å². The molecule has 0 amide bonds. The Morgan fingerprint density at radius 1 is 0.192 bits per heavy atom. The van der Waals surface area contributed by atoms with Crippen LogP contribution in [0.5, 0.6) is 0 Å². The van der Waals surface area contributed by atoms with Crippen molar-refractivity contribution in [2.45, 2.75) is 0 Å². The summed E-state index contributed by atoms with van der Waals surface area (Å²) in [7, 11) is 0. The van der Waals surface area contributed by atoms with Crippen molar-refractivity contribution in [3.8, 4) is 112 Å². The van der Waals surface area contributed by atoms with E-state index in [1.54, 1.807) is 0 Å². The van der Waals surface area contributed by atoms with Crippen LogP contribution >= 0.6 is 0 Å². The molecule has 0 N–H and O–H groups in total. The van der Waals surface area contributed by atoms with E-state index in [1.807, 2.05) is 48.5 Å². The average Bonchev–Trinajstić information content (AvgIpc) is 3.57. The van der Waals surface area contributed by atoms with E-state index in [-0.39, 0.29) is 0 Å². The molecule has 3 aromatic heterocycles. The lowest BCUT2D eigenvalue weighted by Crippen LogP contribution is -1.99. The minimum Gasteiger partial charge on any atom is -0.248 e. The molecule has 78 heavy (non-hydrogen) atoms. The zero-order chi connectivity index (χ0) is 51.8. The maximum Gasteiger partial charge on any atom is 0.160 e. The summed E-state index contributed by atoms with van der Waals surface area (Å²) in [6, 6.07) is 100. The highest BCUT2D eigenvalue weighted by molar-refractivity contribution is 6.06. The summed E-state index contributed by atoms with van der Waals surface area (Å²) < 4.78 is 0. The van der Waals surface area contributed by atoms with Gasteiger partial charge in [-0.05, 0) is 91.8 Å². The maximum absolute atomic E-state index is 5.58. The maximum atomic E-state index is 5.58. The summed E-state index contributed by atoms with van der Waals surface area (Å²) in [6.07, 6.45) is 0. The van der Waals surface area contributed by atoms with Crippen LogP contribution in [0.1, 0.15) is 0 Å². The summed E-state index contributed by atoms with van der Waals surface area (Å²) in [6.45, 7) is 0. The number of fused-ring (bicyclic) bond motifs is 3. The first kappa shape index (κ1) is 46.1. The molecule has 0 radical (unpaired) electrons. The van der Waals surface area contributed by atoms with Gasteiger partial charge in [-0.2, -0.15) is 0 Å². The van der Waals surface area contributed by atoms with Crippen LogP contribution in [0.15, 0.2) is 285 Å². The highest BCUT2D eigenvalue weighted by Crippen LogP contribution is 2.41. The van der Waals surface area contributed by atoms with Crippen LogP contribution in [-0.2, 0) is 0 Å². The largest absolute Gasteiger partial charge is 0.248 e. The molecule has 14 rings (SSSR count). The highest BCUT2D eigenvalue weighted by Gasteiger charge is 2.20. The Morgan fingerprint density at radius 3 is 1.14 bits per heavy atom. The van der Waals surface area contributed by atoms with Gasteiger partial charge in [0.2, 0.25) is 0 Å². The van der Waals surface area contributed by atoms with Gasteiger partial charge < -0.3 is 0 Å². The van der Waals surface area contributed by atoms with Crippen molar-refractivity contribution in [1.82, 2.24) is 24.9 Å². The molecular weight excluding hydrogens is 947 g/mol. The fraction of sp³-hybridized carbons (Fsp3) is 0. The average molecular weight is 994 g/mol. The number of hydrogen-bond acceptors (Lipinski definition) is 5. The van der Waals surface area contributed by atoms with Crippen LogP contribution in [0.2, 0.25) is 0 Å². The molecule has 0 aliphatic heterocycles. The molecule has 0 unspecified atom stereocenters. The van der Waals surface area contributed by atoms with Gasteiger partial charge in [0, 0.05) is 49.9 Å². The van der Waals surface area contributed by atoms with E-state index in [0.717, 1.165) is 117 Å². The second kappa shape index (κ2) is 20.0. The van der Waals surface area contributed by atoms with Gasteiger partial charge in [-0.1, -0.05) is 243 Å². The monoisotopic (exact) mass is 993 g/mol. The quantitative estimate of drug-likeness (QED) is 0.137. The molecule has 0 saturated heterocycles. The number of aromatic nitrogens is 5. The van der Waals surface area contributed by atoms with Gasteiger partial charge in [-0.3, -0.25) is 0 Å². The molecule has 0 aliphatic carbocycles. The van der Waals surface area contributed by atoms with Gasteiger partial charge in [-0.15, -0.1) is 0 Å². The lowest BCUT2D eigenvalue weighted by molar-refractivity contribution is 1.18. The Balaban J connectivity index is 0.952. The second-order valence-electron chi connectivity index (χ2n) is 19.6. The molecule has 0 atom stereocenters. The molecule has 3 heterocycles. The van der Waals surface area contributed by atoms with Crippen molar-refractivity contribution in [3.05, 3.63) is 285 Å². The van der Waals surface area contributed by atoms with Gasteiger partial charge in [0.1, 0.15) is 0 Å². The van der Waals surface area contributed by atoms with Crippen LogP contribution in [0.25, 0.3) is 145 Å². The lowest BCUT2D eigenvalue weighted by atomic mass is 9.91. The minimum absolute atomic E-state index is 0.625. The first-order valence-corrected chi connectivity index (χ1v) is 26.3. The summed E-state index contributed by atoms with van der Waals surface area (Å²) in [5.74, 6) is 1.30. The third kappa shape index (κ3) is 9.06. The second-order valence-corrected chi connectivity index (χ2v) is 19.6. The fourth-order valence-electron chi connectivity index (χ4n) is 10.6. The Morgan fingerprint density at radius 2 is 0.577 bits per heavy atom. The van der Waals surface area contributed by atoms with Crippen LogP contribution in [0, 0.1) is 0 Å². The van der Waals surface area contributed by atoms with E-state index in [2.05, 4.69) is 237 Å². The smallest absolute Gasteiger partial charge is 0.160 e. The van der Waals surface area contributed by atoms with Crippen molar-refractivity contribution in [1.29, 1.82) is 0 Å². The zero-order valence-corrected chi connectivity index (χ0v) is 42.4. The molecule has 14 aromatic rings. The SMILES string of the molecule is c1ccc(-c2cc(-c3ccc(-c4nc(-c5ccc(-c6cc(-c7ccccc7)nc(-c7ccccc7)n6)cc5)nc5c(-c6ccc7ccccc7c6)cc(-c6ccc7ccccc7c6)cc45)cc3)cc(-c3ccccc3)n2)cc1. The molecule has 11 aromatic carbocycles. The molecule has 0 bridgehead atoms. The topological polar surface area (TPSA) is 64.5 Å². The van der Waals surface area contributed by atoms with Gasteiger partial charge in [0.05, 0.1) is 34.0 Å². The molecule has 0 aliphatic rings. The lowest BCUT2D eigenvalue weighted by Gasteiger charge is -2.16. The summed E-state index contributed by atoms with van der Waals surface area (Å²) >= 11 is 0. The molecule has 0 spiro atoms. The van der Waals surface area contributed by atoms with Crippen molar-refractivity contribution in [2.75, 3.05) is 0 Å². The number of nitrogens with zero attached hydrogens (tertiary/aromatic N) is 5. The molecule has 5 nitrogen and oxygen atoms in total. The first-order chi connectivity index (χ1) is 38.6. The van der Waals surface area contributed by atoms with Crippen LogP contribution in [-0.4, -0.2) is 24.9 Å². The molecule has 0 fully saturated rings. The first-order valence-electron chi connectivity index (χ1n) is 26.3. The van der Waals surface area contributed by atoms with Gasteiger partial charge in [0.15, 0.2) is 11.6 Å². The van der Waals surface area contributed by atoms with Crippen LogP contribution < -0.4 is 0 Å². The Hall–Kier alpha value is -10.5. The van der Waals surface area contributed by atoms with E-state index in [9.17, 15) is 0 Å². The van der Waals surface area contributed by atoms with E-state index in [1.165, 1.54) is 16.2 Å². The number of benzene rings is 11. The van der Waals surface area contributed by atoms with Crippen molar-refractivity contribution in [3.63, 3.8) is 0 Å². The zero-order valence-electron chi connectivity index (χ0n) is 42.4. The number of rotatable bonds is 10. The van der Waals surface area contributed by atoms with Crippen LogP contribution in [0.4, 0.5) is 0 Å². The van der Waals surface area contributed by atoms with Crippen molar-refractivity contribution in [2.24, 2.45) is 0 Å². The van der Waals surface area contributed by atoms with E-state index < -0.39 is 0 Å². The fourth-order valence-corrected chi connectivity index (χ4v) is 10.6. The summed E-state index contributed by atoms with van der Waals surface area (Å²) in [5, 5.41) is 5.69. The van der Waals surface area contributed by atoms with E-state index in [4.69, 9.17) is 24.9 Å². The normalized spacial score (nSPS) is 11.3. The molecule has 5 heteroatoms. The Labute approximate surface area is 452 Å². The number of hydrogen-bond donors (Lipinski definition) is 0. The van der Waals surface area contributed by atoms with E-state index >= 15 is 0 Å². The molecular formula is C73H47N5. The minimum atomic E-state index is 0.625. The molecule has 364 valence electrons. The summed E-state index contributed by atoms with van der Waals surface area (Å²) in [5.41, 5.74) is 18.7. The van der Waals surface area contributed by atoms with E-state index in [0.29, 0.717) is 11.6 Å². The standard InChI is InChI=1S/C73H47N5/c1-5-19-51(20-6-1)66-45-63(46-67(74-66)52-21-7-2-8-22-52)50-29-35-55(36-30-50)70-65-44-62(60-39-31-48-17-13-15-27-58(48)41-60)43-64(61-40-32-49-18-14-16-28-59(49)42-61)71(65)78-73(77-70)57-37-33-54(34-38-57)69-47-68(53-23-9-3-10-24-53)75-72(76-69)56-25-11-4-12-26-56/h1-47H. The van der Waals surface area contributed by atoms with Gasteiger partial charge in [0.25, 0.3) is 0 Å². The number of pyridine rings is 1. The third-order valence-corrected chi connectivity index (χ3v) is 14.7. The van der Waals surface area contributed by atoms with Crippen molar-refractivity contribution < 1.29 is 0 Å². The van der Waals surface area contributed by atoms with Gasteiger partial charge in [-0.25, -0.2) is 24.9 Å². The highest BCUT2D eigenvalue weighted by atomic mass is 14.9. The van der Waals surface area contributed by atoms with Crippen molar-refractivity contribution >= 4 is 32.4 Å². The Bertz CT molecular complexity index is 4390. The summed E-state index contributed by atoms with van der Waals surface area (Å²) in [4.78, 5) is 26.5.